The van der Waals surface area contributed by atoms with Gasteiger partial charge < -0.3 is 19.3 Å². The van der Waals surface area contributed by atoms with Gasteiger partial charge in [-0.15, -0.1) is 0 Å². The van der Waals surface area contributed by atoms with Gasteiger partial charge in [-0.1, -0.05) is 12.1 Å². The van der Waals surface area contributed by atoms with Gasteiger partial charge in [0.25, 0.3) is 5.56 Å². The maximum absolute atomic E-state index is 12.6. The molecule has 3 heterocycles. The van der Waals surface area contributed by atoms with Gasteiger partial charge in [0.15, 0.2) is 11.2 Å². The maximum atomic E-state index is 12.6. The molecule has 0 spiro atoms. The average molecular weight is 428 g/mol. The molecule has 0 amide bonds. The molecular weight excluding hydrogens is 400 g/mol. The number of aryl methyl sites for hydroxylation is 1. The standard InChI is InChI=1S/C21H28N6O4/c1-23-19-18(20(29)24(2)21(23)30)27(14-22-19)13-15(28)12-25-8-10-26(11-9-25)16-6-4-5-7-17(16)31-3/h4-7,14-15,28H,8-13H2,1-3H3. The van der Waals surface area contributed by atoms with Gasteiger partial charge in [0.1, 0.15) is 5.75 Å². The number of β-amino-alcohol motifs (C(OH)–C–C–N with tert-alkyl or cyclic N) is 1. The third kappa shape index (κ3) is 3.96. The van der Waals surface area contributed by atoms with Gasteiger partial charge in [-0.3, -0.25) is 18.8 Å². The molecule has 166 valence electrons. The van der Waals surface area contributed by atoms with Crippen LogP contribution < -0.4 is 20.9 Å². The minimum Gasteiger partial charge on any atom is -0.495 e. The molecule has 0 aliphatic carbocycles. The van der Waals surface area contributed by atoms with Crippen LogP contribution in [0, 0.1) is 0 Å². The zero-order valence-corrected chi connectivity index (χ0v) is 18.1. The third-order valence-corrected chi connectivity index (χ3v) is 5.89. The zero-order chi connectivity index (χ0) is 22.1. The molecule has 10 nitrogen and oxygen atoms in total. The number of aliphatic hydroxyl groups excluding tert-OH is 1. The number of benzene rings is 1. The number of ether oxygens (including phenoxy) is 1. The van der Waals surface area contributed by atoms with Gasteiger partial charge in [0, 0.05) is 46.8 Å². The number of piperazine rings is 1. The van der Waals surface area contributed by atoms with Crippen LogP contribution in [0.1, 0.15) is 0 Å². The van der Waals surface area contributed by atoms with E-state index in [9.17, 15) is 14.7 Å². The molecule has 1 aliphatic heterocycles. The number of nitrogens with zero attached hydrogens (tertiary/aromatic N) is 6. The van der Waals surface area contributed by atoms with E-state index < -0.39 is 17.4 Å². The van der Waals surface area contributed by atoms with Crippen molar-refractivity contribution in [1.82, 2.24) is 23.6 Å². The molecule has 1 aliphatic rings. The second-order valence-corrected chi connectivity index (χ2v) is 7.89. The van der Waals surface area contributed by atoms with E-state index in [0.29, 0.717) is 17.7 Å². The summed E-state index contributed by atoms with van der Waals surface area (Å²) in [6.07, 6.45) is 0.839. The minimum absolute atomic E-state index is 0.233. The van der Waals surface area contributed by atoms with Crippen molar-refractivity contribution in [2.24, 2.45) is 14.1 Å². The van der Waals surface area contributed by atoms with E-state index in [-0.39, 0.29) is 6.54 Å². The van der Waals surface area contributed by atoms with Crippen molar-refractivity contribution >= 4 is 16.9 Å². The quantitative estimate of drug-likeness (QED) is 0.572. The Balaban J connectivity index is 1.41. The molecule has 3 aromatic rings. The van der Waals surface area contributed by atoms with E-state index in [0.717, 1.165) is 42.2 Å². The summed E-state index contributed by atoms with van der Waals surface area (Å²) in [5, 5.41) is 10.7. The molecule has 0 bridgehead atoms. The van der Waals surface area contributed by atoms with Crippen molar-refractivity contribution in [3.05, 3.63) is 51.4 Å². The van der Waals surface area contributed by atoms with E-state index in [1.54, 1.807) is 18.7 Å². The Morgan fingerprint density at radius 1 is 1.06 bits per heavy atom. The highest BCUT2D eigenvalue weighted by Gasteiger charge is 2.22. The molecule has 4 rings (SSSR count). The molecule has 1 atom stereocenters. The number of aromatic nitrogens is 4. The van der Waals surface area contributed by atoms with Crippen LogP contribution in [0.5, 0.6) is 5.75 Å². The number of para-hydroxylation sites is 2. The molecule has 1 N–H and O–H groups in total. The van der Waals surface area contributed by atoms with Crippen molar-refractivity contribution in [3.63, 3.8) is 0 Å². The molecule has 0 saturated carbocycles. The largest absolute Gasteiger partial charge is 0.495 e. The molecule has 1 aromatic carbocycles. The van der Waals surface area contributed by atoms with Gasteiger partial charge in [-0.2, -0.15) is 0 Å². The smallest absolute Gasteiger partial charge is 0.332 e. The summed E-state index contributed by atoms with van der Waals surface area (Å²) in [6.45, 7) is 4.03. The SMILES string of the molecule is COc1ccccc1N1CCN(CC(O)Cn2cnc3c2c(=O)n(C)c(=O)n3C)CC1. The van der Waals surface area contributed by atoms with E-state index in [1.165, 1.54) is 17.9 Å². The summed E-state index contributed by atoms with van der Waals surface area (Å²) in [6, 6.07) is 7.98. The monoisotopic (exact) mass is 428 g/mol. The Labute approximate surface area is 179 Å². The lowest BCUT2D eigenvalue weighted by atomic mass is 10.2. The topological polar surface area (TPSA) is 97.8 Å². The third-order valence-electron chi connectivity index (χ3n) is 5.89. The van der Waals surface area contributed by atoms with Crippen molar-refractivity contribution in [2.75, 3.05) is 44.7 Å². The van der Waals surface area contributed by atoms with Crippen LogP contribution in [0.3, 0.4) is 0 Å². The highest BCUT2D eigenvalue weighted by Crippen LogP contribution is 2.28. The molecule has 31 heavy (non-hydrogen) atoms. The highest BCUT2D eigenvalue weighted by atomic mass is 16.5. The number of hydrogen-bond donors (Lipinski definition) is 1. The summed E-state index contributed by atoms with van der Waals surface area (Å²) in [5.74, 6) is 0.860. The van der Waals surface area contributed by atoms with E-state index in [2.05, 4.69) is 20.9 Å². The first-order chi connectivity index (χ1) is 14.9. The summed E-state index contributed by atoms with van der Waals surface area (Å²) < 4.78 is 9.50. The lowest BCUT2D eigenvalue weighted by Crippen LogP contribution is -2.49. The number of aliphatic hydroxyl groups is 1. The fourth-order valence-electron chi connectivity index (χ4n) is 4.18. The lowest BCUT2D eigenvalue weighted by Gasteiger charge is -2.37. The first kappa shape index (κ1) is 21.1. The van der Waals surface area contributed by atoms with Crippen molar-refractivity contribution in [1.29, 1.82) is 0 Å². The number of anilines is 1. The summed E-state index contributed by atoms with van der Waals surface area (Å²) in [7, 11) is 4.70. The maximum Gasteiger partial charge on any atom is 0.332 e. The molecule has 1 unspecified atom stereocenters. The highest BCUT2D eigenvalue weighted by molar-refractivity contribution is 5.69. The molecule has 10 heteroatoms. The van der Waals surface area contributed by atoms with Crippen LogP contribution in [0.4, 0.5) is 5.69 Å². The van der Waals surface area contributed by atoms with E-state index >= 15 is 0 Å². The molecule has 0 radical (unpaired) electrons. The lowest BCUT2D eigenvalue weighted by molar-refractivity contribution is 0.0958. The van der Waals surface area contributed by atoms with Crippen LogP contribution >= 0.6 is 0 Å². The van der Waals surface area contributed by atoms with Gasteiger partial charge in [-0.05, 0) is 12.1 Å². The average Bonchev–Trinajstić information content (AvgIpc) is 3.20. The fraction of sp³-hybridized carbons (Fsp3) is 0.476. The van der Waals surface area contributed by atoms with Gasteiger partial charge in [0.2, 0.25) is 0 Å². The van der Waals surface area contributed by atoms with Crippen LogP contribution in [0.25, 0.3) is 11.2 Å². The number of fused-ring (bicyclic) bond motifs is 1. The summed E-state index contributed by atoms with van der Waals surface area (Å²) >= 11 is 0. The first-order valence-corrected chi connectivity index (χ1v) is 10.3. The Kier molecular flexibility index (Phi) is 5.84. The van der Waals surface area contributed by atoms with Crippen LogP contribution in [-0.2, 0) is 20.6 Å². The number of imidazole rings is 1. The van der Waals surface area contributed by atoms with Gasteiger partial charge in [-0.25, -0.2) is 9.78 Å². The Hall–Kier alpha value is -3.11. The normalized spacial score (nSPS) is 16.1. The predicted molar refractivity (Wildman–Crippen MR) is 118 cm³/mol. The van der Waals surface area contributed by atoms with Gasteiger partial charge >= 0.3 is 5.69 Å². The van der Waals surface area contributed by atoms with E-state index in [4.69, 9.17) is 4.74 Å². The number of methoxy groups -OCH3 is 1. The number of rotatable bonds is 6. The van der Waals surface area contributed by atoms with Gasteiger partial charge in [0.05, 0.1) is 31.8 Å². The molecule has 1 fully saturated rings. The number of hydrogen-bond acceptors (Lipinski definition) is 7. The minimum atomic E-state index is -0.669. The second-order valence-electron chi connectivity index (χ2n) is 7.89. The fourth-order valence-corrected chi connectivity index (χ4v) is 4.18. The summed E-state index contributed by atoms with van der Waals surface area (Å²) in [4.78, 5) is 33.3. The summed E-state index contributed by atoms with van der Waals surface area (Å²) in [5.41, 5.74) is 0.899. The van der Waals surface area contributed by atoms with E-state index in [1.807, 2.05) is 18.2 Å². The van der Waals surface area contributed by atoms with Crippen molar-refractivity contribution < 1.29 is 9.84 Å². The predicted octanol–water partition coefficient (Wildman–Crippen LogP) is -0.375. The molecule has 2 aromatic heterocycles. The Bertz CT molecular complexity index is 1190. The van der Waals surface area contributed by atoms with Crippen molar-refractivity contribution in [2.45, 2.75) is 12.6 Å². The first-order valence-electron chi connectivity index (χ1n) is 10.3. The Morgan fingerprint density at radius 3 is 2.48 bits per heavy atom. The van der Waals surface area contributed by atoms with Crippen LogP contribution in [0.15, 0.2) is 40.2 Å². The zero-order valence-electron chi connectivity index (χ0n) is 18.1. The molecule has 1 saturated heterocycles. The van der Waals surface area contributed by atoms with Crippen LogP contribution in [0.2, 0.25) is 0 Å². The Morgan fingerprint density at radius 2 is 1.77 bits per heavy atom. The van der Waals surface area contributed by atoms with Crippen LogP contribution in [-0.4, -0.2) is 74.6 Å². The van der Waals surface area contributed by atoms with Crippen molar-refractivity contribution in [3.8, 4) is 5.75 Å². The second kappa shape index (κ2) is 8.56. The molecular formula is C21H28N6O4.